The highest BCUT2D eigenvalue weighted by Gasteiger charge is 2.12. The van der Waals surface area contributed by atoms with Crippen molar-refractivity contribution in [1.29, 1.82) is 0 Å². The third-order valence-electron chi connectivity index (χ3n) is 3.58. The fourth-order valence-electron chi connectivity index (χ4n) is 2.35. The van der Waals surface area contributed by atoms with Gasteiger partial charge in [-0.05, 0) is 48.5 Å². The molecule has 0 aliphatic heterocycles. The summed E-state index contributed by atoms with van der Waals surface area (Å²) in [6.45, 7) is 0. The number of hydrogen-bond donors (Lipinski definition) is 1. The molecule has 0 saturated heterocycles. The molecule has 0 aliphatic carbocycles. The molecule has 0 aliphatic rings. The van der Waals surface area contributed by atoms with Crippen LogP contribution in [0.25, 0.3) is 22.6 Å². The number of fused-ring (bicyclic) bond motifs is 1. The van der Waals surface area contributed by atoms with Gasteiger partial charge in [-0.25, -0.2) is 9.37 Å². The van der Waals surface area contributed by atoms with Gasteiger partial charge in [0, 0.05) is 0 Å². The van der Waals surface area contributed by atoms with Crippen LogP contribution < -0.4 is 9.61 Å². The number of oxazole rings is 1. The summed E-state index contributed by atoms with van der Waals surface area (Å²) < 4.78 is 26.7. The maximum absolute atomic E-state index is 12.9. The molecule has 0 radical (unpaired) electrons. The highest BCUT2D eigenvalue weighted by molar-refractivity contribution is 7.95. The molecule has 3 aromatic carbocycles. The maximum atomic E-state index is 12.9. The SMILES string of the molecule is Fc1ccc(OOSNc2ccccc2-c2nc3ccccc3o2)cc1. The molecule has 1 N–H and O–H groups in total. The lowest BCUT2D eigenvalue weighted by molar-refractivity contribution is -0.0771. The van der Waals surface area contributed by atoms with Crippen LogP contribution >= 0.6 is 12.2 Å². The molecule has 5 nitrogen and oxygen atoms in total. The predicted molar refractivity (Wildman–Crippen MR) is 98.8 cm³/mol. The van der Waals surface area contributed by atoms with Gasteiger partial charge in [0.1, 0.15) is 11.3 Å². The fraction of sp³-hybridized carbons (Fsp3) is 0. The zero-order chi connectivity index (χ0) is 17.8. The lowest BCUT2D eigenvalue weighted by Gasteiger charge is -2.08. The smallest absolute Gasteiger partial charge is 0.229 e. The summed E-state index contributed by atoms with van der Waals surface area (Å²) in [5.41, 5.74) is 3.06. The van der Waals surface area contributed by atoms with Gasteiger partial charge in [-0.2, -0.15) is 0 Å². The van der Waals surface area contributed by atoms with Crippen LogP contribution in [0, 0.1) is 5.82 Å². The number of nitrogens with zero attached hydrogens (tertiary/aromatic N) is 1. The first-order valence-corrected chi connectivity index (χ1v) is 8.50. The number of hydrogen-bond acceptors (Lipinski definition) is 6. The number of halogens is 1. The van der Waals surface area contributed by atoms with E-state index in [4.69, 9.17) is 13.6 Å². The molecule has 0 bridgehead atoms. The Kier molecular flexibility index (Phi) is 4.72. The van der Waals surface area contributed by atoms with Crippen LogP contribution in [0.15, 0.2) is 77.2 Å². The first-order valence-electron chi connectivity index (χ1n) is 7.76. The summed E-state index contributed by atoms with van der Waals surface area (Å²) in [4.78, 5) is 9.58. The predicted octanol–water partition coefficient (Wildman–Crippen LogP) is 5.62. The number of rotatable bonds is 6. The molecule has 0 spiro atoms. The molecule has 1 heterocycles. The van der Waals surface area contributed by atoms with E-state index < -0.39 is 0 Å². The van der Waals surface area contributed by atoms with E-state index in [-0.39, 0.29) is 5.82 Å². The molecule has 7 heteroatoms. The Morgan fingerprint density at radius 2 is 1.69 bits per heavy atom. The second-order valence-electron chi connectivity index (χ2n) is 5.32. The van der Waals surface area contributed by atoms with Gasteiger partial charge in [-0.1, -0.05) is 28.6 Å². The second kappa shape index (κ2) is 7.47. The minimum atomic E-state index is -0.338. The van der Waals surface area contributed by atoms with Crippen molar-refractivity contribution >= 4 is 29.0 Å². The first kappa shape index (κ1) is 16.4. The van der Waals surface area contributed by atoms with Crippen molar-refractivity contribution in [3.05, 3.63) is 78.6 Å². The number of nitrogens with one attached hydrogen (secondary N) is 1. The fourth-order valence-corrected chi connectivity index (χ4v) is 2.77. The van der Waals surface area contributed by atoms with Crippen LogP contribution in [0.1, 0.15) is 0 Å². The maximum Gasteiger partial charge on any atom is 0.229 e. The van der Waals surface area contributed by atoms with E-state index >= 15 is 0 Å². The van der Waals surface area contributed by atoms with Crippen molar-refractivity contribution in [2.45, 2.75) is 0 Å². The van der Waals surface area contributed by atoms with E-state index in [9.17, 15) is 4.39 Å². The Morgan fingerprint density at radius 3 is 2.54 bits per heavy atom. The molecule has 0 fully saturated rings. The topological polar surface area (TPSA) is 56.5 Å². The van der Waals surface area contributed by atoms with Crippen LogP contribution in [0.3, 0.4) is 0 Å². The summed E-state index contributed by atoms with van der Waals surface area (Å²) in [5.74, 6) is 0.567. The zero-order valence-electron chi connectivity index (χ0n) is 13.4. The summed E-state index contributed by atoms with van der Waals surface area (Å²) in [5, 5.41) is 0. The van der Waals surface area contributed by atoms with Crippen molar-refractivity contribution in [2.24, 2.45) is 0 Å². The lowest BCUT2D eigenvalue weighted by Crippen LogP contribution is -1.96. The summed E-state index contributed by atoms with van der Waals surface area (Å²) in [7, 11) is 0. The van der Waals surface area contributed by atoms with E-state index in [2.05, 4.69) is 9.71 Å². The van der Waals surface area contributed by atoms with Gasteiger partial charge in [-0.3, -0.25) is 0 Å². The third-order valence-corrected chi connectivity index (χ3v) is 4.02. The Morgan fingerprint density at radius 1 is 0.923 bits per heavy atom. The van der Waals surface area contributed by atoms with Gasteiger partial charge in [-0.15, -0.1) is 0 Å². The molecular formula is C19H13FN2O3S. The summed E-state index contributed by atoms with van der Waals surface area (Å²) in [6, 6.07) is 20.7. The van der Waals surface area contributed by atoms with E-state index in [0.717, 1.165) is 34.6 Å². The van der Waals surface area contributed by atoms with Gasteiger partial charge in [0.05, 0.1) is 11.3 Å². The molecule has 0 atom stereocenters. The average molecular weight is 368 g/mol. The average Bonchev–Trinajstić information content (AvgIpc) is 3.11. The van der Waals surface area contributed by atoms with Crippen LogP contribution in [0.4, 0.5) is 10.1 Å². The molecule has 1 aromatic heterocycles. The van der Waals surface area contributed by atoms with Gasteiger partial charge in [0.2, 0.25) is 5.89 Å². The van der Waals surface area contributed by atoms with Gasteiger partial charge >= 0.3 is 0 Å². The molecule has 26 heavy (non-hydrogen) atoms. The largest absolute Gasteiger partial charge is 0.436 e. The number of anilines is 1. The van der Waals surface area contributed by atoms with Crippen molar-refractivity contribution < 1.29 is 18.0 Å². The minimum absolute atomic E-state index is 0.338. The second-order valence-corrected chi connectivity index (χ2v) is 5.83. The van der Waals surface area contributed by atoms with E-state index in [1.165, 1.54) is 24.3 Å². The Bertz CT molecular complexity index is 988. The number of benzene rings is 3. The van der Waals surface area contributed by atoms with Crippen LogP contribution in [0.2, 0.25) is 0 Å². The molecule has 4 aromatic rings. The molecule has 0 unspecified atom stereocenters. The zero-order valence-corrected chi connectivity index (χ0v) is 14.2. The number of para-hydroxylation sites is 3. The van der Waals surface area contributed by atoms with E-state index in [1.807, 2.05) is 48.5 Å². The number of aromatic nitrogens is 1. The molecule has 130 valence electrons. The molecular weight excluding hydrogens is 355 g/mol. The van der Waals surface area contributed by atoms with Crippen molar-refractivity contribution in [1.82, 2.24) is 4.98 Å². The van der Waals surface area contributed by atoms with Crippen LogP contribution in [-0.2, 0) is 4.33 Å². The molecule has 4 rings (SSSR count). The van der Waals surface area contributed by atoms with Crippen molar-refractivity contribution in [3.63, 3.8) is 0 Å². The summed E-state index contributed by atoms with van der Waals surface area (Å²) in [6.07, 6.45) is 0. The summed E-state index contributed by atoms with van der Waals surface area (Å²) >= 11 is 0.886. The minimum Gasteiger partial charge on any atom is -0.436 e. The normalized spacial score (nSPS) is 10.8. The third kappa shape index (κ3) is 3.63. The highest BCUT2D eigenvalue weighted by Crippen LogP contribution is 2.31. The quantitative estimate of drug-likeness (QED) is 0.157. The highest BCUT2D eigenvalue weighted by atomic mass is 32.2. The molecule has 0 saturated carbocycles. The Balaban J connectivity index is 1.45. The monoisotopic (exact) mass is 368 g/mol. The van der Waals surface area contributed by atoms with Crippen LogP contribution in [-0.4, -0.2) is 4.98 Å². The van der Waals surface area contributed by atoms with E-state index in [1.54, 1.807) is 0 Å². The van der Waals surface area contributed by atoms with Gasteiger partial charge < -0.3 is 14.0 Å². The first-order chi connectivity index (χ1) is 12.8. The van der Waals surface area contributed by atoms with Gasteiger partial charge in [0.25, 0.3) is 0 Å². The Labute approximate surface area is 153 Å². The molecule has 0 amide bonds. The van der Waals surface area contributed by atoms with Crippen molar-refractivity contribution in [2.75, 3.05) is 4.72 Å². The van der Waals surface area contributed by atoms with Crippen LogP contribution in [0.5, 0.6) is 5.75 Å². The Hall–Kier alpha value is -3.03. The standard InChI is InChI=1S/C19H13FN2O3S/c20-13-9-11-14(12-10-13)24-25-26-22-16-6-2-1-5-15(16)19-21-17-7-3-4-8-18(17)23-19/h1-12,22H. The van der Waals surface area contributed by atoms with Crippen molar-refractivity contribution in [3.8, 4) is 17.2 Å². The van der Waals surface area contributed by atoms with Gasteiger partial charge in [0.15, 0.2) is 23.6 Å². The lowest BCUT2D eigenvalue weighted by atomic mass is 10.2. The van der Waals surface area contributed by atoms with E-state index in [0.29, 0.717) is 11.6 Å².